The van der Waals surface area contributed by atoms with Crippen molar-refractivity contribution in [2.75, 3.05) is 11.9 Å². The summed E-state index contributed by atoms with van der Waals surface area (Å²) < 4.78 is 1.11. The van der Waals surface area contributed by atoms with Crippen LogP contribution in [0, 0.1) is 5.92 Å². The summed E-state index contributed by atoms with van der Waals surface area (Å²) in [5, 5.41) is 7.82. The molecule has 1 aliphatic rings. The number of allylic oxidation sites excluding steroid dienone is 2. The van der Waals surface area contributed by atoms with Crippen LogP contribution in [0.5, 0.6) is 0 Å². The predicted octanol–water partition coefficient (Wildman–Crippen LogP) is 3.17. The van der Waals surface area contributed by atoms with Crippen LogP contribution in [-0.4, -0.2) is 23.7 Å². The molecule has 0 aliphatic heterocycles. The van der Waals surface area contributed by atoms with Crippen molar-refractivity contribution < 1.29 is 4.79 Å². The van der Waals surface area contributed by atoms with Crippen LogP contribution >= 0.6 is 11.3 Å². The lowest BCUT2D eigenvalue weighted by molar-refractivity contribution is -0.119. The van der Waals surface area contributed by atoms with Gasteiger partial charge in [-0.3, -0.25) is 4.79 Å². The van der Waals surface area contributed by atoms with Gasteiger partial charge in [-0.1, -0.05) is 35.6 Å². The molecule has 1 atom stereocenters. The number of carbonyl (C=O) groups is 1. The number of amides is 1. The molecule has 1 amide bonds. The lowest BCUT2D eigenvalue weighted by Crippen LogP contribution is -2.26. The zero-order chi connectivity index (χ0) is 15.2. The highest BCUT2D eigenvalue weighted by atomic mass is 32.1. The molecule has 5 nitrogen and oxygen atoms in total. The largest absolute Gasteiger partial charge is 0.352 e. The summed E-state index contributed by atoms with van der Waals surface area (Å²) in [6.07, 6.45) is 9.37. The average Bonchev–Trinajstić information content (AvgIpc) is 2.97. The fourth-order valence-electron chi connectivity index (χ4n) is 2.31. The van der Waals surface area contributed by atoms with Gasteiger partial charge in [0.2, 0.25) is 0 Å². The summed E-state index contributed by atoms with van der Waals surface area (Å²) in [4.78, 5) is 16.2. The van der Waals surface area contributed by atoms with Crippen LogP contribution in [0.4, 0.5) is 5.13 Å². The van der Waals surface area contributed by atoms with Crippen LogP contribution in [0.1, 0.15) is 19.3 Å². The molecule has 1 aliphatic carbocycles. The van der Waals surface area contributed by atoms with Gasteiger partial charge in [-0.05, 0) is 37.3 Å². The number of para-hydroxylation sites is 1. The van der Waals surface area contributed by atoms with Crippen molar-refractivity contribution in [3.63, 3.8) is 0 Å². The molecule has 2 N–H and O–H groups in total. The van der Waals surface area contributed by atoms with Crippen LogP contribution in [0.3, 0.4) is 0 Å². The highest BCUT2D eigenvalue weighted by Gasteiger charge is 2.07. The van der Waals surface area contributed by atoms with Crippen molar-refractivity contribution in [1.82, 2.24) is 10.4 Å². The number of nitrogens with one attached hydrogen (secondary N) is 2. The normalized spacial score (nSPS) is 17.9. The van der Waals surface area contributed by atoms with E-state index in [1.165, 1.54) is 11.3 Å². The fourth-order valence-corrected chi connectivity index (χ4v) is 3.17. The quantitative estimate of drug-likeness (QED) is 0.506. The minimum absolute atomic E-state index is 0.165. The number of anilines is 1. The van der Waals surface area contributed by atoms with E-state index in [4.69, 9.17) is 0 Å². The number of nitrogens with zero attached hydrogens (tertiary/aromatic N) is 2. The molecule has 0 spiro atoms. The molecular weight excluding hydrogens is 296 g/mol. The summed E-state index contributed by atoms with van der Waals surface area (Å²) in [6, 6.07) is 7.90. The highest BCUT2D eigenvalue weighted by Crippen LogP contribution is 2.24. The second-order valence-electron chi connectivity index (χ2n) is 5.20. The molecule has 0 saturated heterocycles. The van der Waals surface area contributed by atoms with Crippen LogP contribution in [-0.2, 0) is 4.79 Å². The Labute approximate surface area is 133 Å². The third-order valence-electron chi connectivity index (χ3n) is 3.48. The van der Waals surface area contributed by atoms with E-state index in [9.17, 15) is 4.79 Å². The molecule has 0 radical (unpaired) electrons. The van der Waals surface area contributed by atoms with Crippen molar-refractivity contribution in [1.29, 1.82) is 0 Å². The first-order valence-electron chi connectivity index (χ1n) is 7.38. The van der Waals surface area contributed by atoms with Gasteiger partial charge >= 0.3 is 0 Å². The van der Waals surface area contributed by atoms with Crippen molar-refractivity contribution in [3.8, 4) is 0 Å². The number of rotatable bonds is 5. The SMILES string of the molecule is O=C(CNc1nc2ccccc2s1)N/N=C\[C@@H]1CC=CCC1. The maximum Gasteiger partial charge on any atom is 0.259 e. The Morgan fingerprint density at radius 1 is 1.41 bits per heavy atom. The molecular formula is C16H18N4OS. The van der Waals surface area contributed by atoms with Crippen LogP contribution in [0.2, 0.25) is 0 Å². The number of carbonyl (C=O) groups excluding carboxylic acids is 1. The monoisotopic (exact) mass is 314 g/mol. The predicted molar refractivity (Wildman–Crippen MR) is 91.2 cm³/mol. The summed E-state index contributed by atoms with van der Waals surface area (Å²) in [5.74, 6) is 0.268. The Morgan fingerprint density at radius 3 is 3.14 bits per heavy atom. The summed E-state index contributed by atoms with van der Waals surface area (Å²) in [6.45, 7) is 0.168. The average molecular weight is 314 g/mol. The Morgan fingerprint density at radius 2 is 2.32 bits per heavy atom. The molecule has 1 heterocycles. The molecule has 2 aromatic rings. The Bertz CT molecular complexity index is 674. The van der Waals surface area contributed by atoms with E-state index < -0.39 is 0 Å². The summed E-state index contributed by atoms with van der Waals surface area (Å²) in [5.41, 5.74) is 3.50. The number of fused-ring (bicyclic) bond motifs is 1. The third kappa shape index (κ3) is 3.92. The third-order valence-corrected chi connectivity index (χ3v) is 4.47. The highest BCUT2D eigenvalue weighted by molar-refractivity contribution is 7.22. The summed E-state index contributed by atoms with van der Waals surface area (Å²) in [7, 11) is 0. The molecule has 0 fully saturated rings. The van der Waals surface area contributed by atoms with Gasteiger partial charge in [0.25, 0.3) is 5.91 Å². The van der Waals surface area contributed by atoms with Gasteiger partial charge in [-0.2, -0.15) is 5.10 Å². The molecule has 0 unspecified atom stereocenters. The van der Waals surface area contributed by atoms with Crippen LogP contribution in [0.15, 0.2) is 41.5 Å². The number of benzene rings is 1. The summed E-state index contributed by atoms with van der Waals surface area (Å²) >= 11 is 1.54. The van der Waals surface area contributed by atoms with Crippen LogP contribution < -0.4 is 10.7 Å². The molecule has 22 heavy (non-hydrogen) atoms. The lowest BCUT2D eigenvalue weighted by atomic mass is 9.96. The Balaban J connectivity index is 1.45. The zero-order valence-corrected chi connectivity index (χ0v) is 13.0. The number of aromatic nitrogens is 1. The maximum atomic E-state index is 11.7. The number of hydrazone groups is 1. The van der Waals surface area contributed by atoms with Gasteiger partial charge in [0.1, 0.15) is 0 Å². The van der Waals surface area contributed by atoms with E-state index in [-0.39, 0.29) is 12.5 Å². The topological polar surface area (TPSA) is 66.4 Å². The molecule has 1 aromatic carbocycles. The lowest BCUT2D eigenvalue weighted by Gasteiger charge is -2.11. The number of thiazole rings is 1. The van der Waals surface area contributed by atoms with E-state index in [1.54, 1.807) is 0 Å². The first-order chi connectivity index (χ1) is 10.8. The first kappa shape index (κ1) is 14.7. The van der Waals surface area contributed by atoms with Gasteiger partial charge in [0, 0.05) is 6.21 Å². The van der Waals surface area contributed by atoms with Gasteiger partial charge in [-0.15, -0.1) is 0 Å². The standard InChI is InChI=1S/C16H18N4OS/c21-15(20-18-10-12-6-2-1-3-7-12)11-17-16-19-13-8-4-5-9-14(13)22-16/h1-2,4-5,8-10,12H,3,6-7,11H2,(H,17,19)(H,20,21)/b18-10-/t12-/m1/s1. The first-order valence-corrected chi connectivity index (χ1v) is 8.19. The van der Waals surface area contributed by atoms with Gasteiger partial charge in [-0.25, -0.2) is 10.4 Å². The Kier molecular flexibility index (Phi) is 4.80. The molecule has 6 heteroatoms. The van der Waals surface area contributed by atoms with Crippen molar-refractivity contribution in [3.05, 3.63) is 36.4 Å². The Hall–Kier alpha value is -2.21. The van der Waals surface area contributed by atoms with Gasteiger partial charge < -0.3 is 5.32 Å². The zero-order valence-electron chi connectivity index (χ0n) is 12.2. The van der Waals surface area contributed by atoms with Crippen LogP contribution in [0.25, 0.3) is 10.2 Å². The van der Waals surface area contributed by atoms with E-state index in [0.29, 0.717) is 5.92 Å². The van der Waals surface area contributed by atoms with Crippen molar-refractivity contribution >= 4 is 38.8 Å². The second-order valence-corrected chi connectivity index (χ2v) is 6.23. The second kappa shape index (κ2) is 7.17. The van der Waals surface area contributed by atoms with Gasteiger partial charge in [0.15, 0.2) is 5.13 Å². The van der Waals surface area contributed by atoms with Crippen molar-refractivity contribution in [2.45, 2.75) is 19.3 Å². The van der Waals surface area contributed by atoms with E-state index in [0.717, 1.165) is 34.6 Å². The maximum absolute atomic E-state index is 11.7. The van der Waals surface area contributed by atoms with Crippen molar-refractivity contribution in [2.24, 2.45) is 11.0 Å². The van der Waals surface area contributed by atoms with E-state index in [1.807, 2.05) is 30.5 Å². The minimum Gasteiger partial charge on any atom is -0.352 e. The molecule has 0 bridgehead atoms. The molecule has 1 aromatic heterocycles. The number of hydrogen-bond donors (Lipinski definition) is 2. The number of hydrogen-bond acceptors (Lipinski definition) is 5. The smallest absolute Gasteiger partial charge is 0.259 e. The fraction of sp³-hybridized carbons (Fsp3) is 0.312. The molecule has 0 saturated carbocycles. The molecule has 3 rings (SSSR count). The van der Waals surface area contributed by atoms with E-state index >= 15 is 0 Å². The van der Waals surface area contributed by atoms with Gasteiger partial charge in [0.05, 0.1) is 16.8 Å². The molecule has 114 valence electrons. The minimum atomic E-state index is -0.165. The van der Waals surface area contributed by atoms with E-state index in [2.05, 4.69) is 33.0 Å².